The Kier molecular flexibility index (Phi) is 3.73. The van der Waals surface area contributed by atoms with Crippen LogP contribution in [0.2, 0.25) is 0 Å². The molecular weight excluding hydrogens is 280 g/mol. The molecule has 1 spiro atoms. The van der Waals surface area contributed by atoms with Crippen molar-refractivity contribution in [1.82, 2.24) is 0 Å². The van der Waals surface area contributed by atoms with Crippen LogP contribution in [0.25, 0.3) is 0 Å². The molecule has 0 unspecified atom stereocenters. The van der Waals surface area contributed by atoms with E-state index in [0.717, 1.165) is 31.2 Å². The highest BCUT2D eigenvalue weighted by Crippen LogP contribution is 2.52. The van der Waals surface area contributed by atoms with E-state index in [1.165, 1.54) is 12.8 Å². The molecule has 1 aromatic rings. The Morgan fingerprint density at radius 2 is 1.95 bits per heavy atom. The molecule has 4 aliphatic rings. The molecule has 0 N–H and O–H groups in total. The first kappa shape index (κ1) is 14.6. The molecule has 0 amide bonds. The lowest BCUT2D eigenvalue weighted by atomic mass is 9.73. The summed E-state index contributed by atoms with van der Waals surface area (Å²) < 4.78 is 12.4. The highest BCUT2D eigenvalue weighted by molar-refractivity contribution is 5.13. The molecule has 1 aromatic carbocycles. The minimum absolute atomic E-state index is 0.348. The molecular formula is C18H24O4. The van der Waals surface area contributed by atoms with Crippen LogP contribution in [0.5, 0.6) is 0 Å². The van der Waals surface area contributed by atoms with Crippen LogP contribution in [0.15, 0.2) is 30.3 Å². The van der Waals surface area contributed by atoms with E-state index in [9.17, 15) is 0 Å². The van der Waals surface area contributed by atoms with Crippen LogP contribution in [-0.4, -0.2) is 17.7 Å². The molecule has 4 fully saturated rings. The van der Waals surface area contributed by atoms with Gasteiger partial charge in [-0.15, -0.1) is 0 Å². The van der Waals surface area contributed by atoms with Gasteiger partial charge < -0.3 is 9.47 Å². The van der Waals surface area contributed by atoms with Gasteiger partial charge in [-0.3, -0.25) is 0 Å². The Morgan fingerprint density at radius 3 is 2.82 bits per heavy atom. The number of hydrogen-bond acceptors (Lipinski definition) is 4. The lowest BCUT2D eigenvalue weighted by Gasteiger charge is -2.49. The fraction of sp³-hybridized carbons (Fsp3) is 0.667. The van der Waals surface area contributed by atoms with E-state index in [2.05, 4.69) is 12.1 Å². The second-order valence-electron chi connectivity index (χ2n) is 6.98. The standard InChI is InChI=1S/C18H24O4/c1-17-12-10-15-9-5-6-11-18(15,22-21-17)16(20-17)19-13-14-7-3-2-4-8-14/h2-4,7-8,15-16H,5-6,9-13H2,1H3/t15-,16-,17-,18+/m1/s1. The normalized spacial score (nSPS) is 41.0. The van der Waals surface area contributed by atoms with Crippen molar-refractivity contribution in [2.24, 2.45) is 5.92 Å². The summed E-state index contributed by atoms with van der Waals surface area (Å²) in [5, 5.41) is 0. The quantitative estimate of drug-likeness (QED) is 0.792. The Balaban J connectivity index is 1.56. The molecule has 4 nitrogen and oxygen atoms in total. The summed E-state index contributed by atoms with van der Waals surface area (Å²) in [4.78, 5) is 11.6. The maximum atomic E-state index is 6.21. The van der Waals surface area contributed by atoms with E-state index >= 15 is 0 Å². The van der Waals surface area contributed by atoms with E-state index in [-0.39, 0.29) is 6.29 Å². The first-order chi connectivity index (χ1) is 10.7. The summed E-state index contributed by atoms with van der Waals surface area (Å²) in [6, 6.07) is 10.2. The zero-order valence-corrected chi connectivity index (χ0v) is 13.1. The third kappa shape index (κ3) is 2.48. The van der Waals surface area contributed by atoms with Crippen LogP contribution in [0, 0.1) is 5.92 Å². The highest BCUT2D eigenvalue weighted by Gasteiger charge is 2.60. The predicted octanol–water partition coefficient (Wildman–Crippen LogP) is 3.95. The van der Waals surface area contributed by atoms with E-state index < -0.39 is 11.4 Å². The molecule has 4 heteroatoms. The van der Waals surface area contributed by atoms with Crippen LogP contribution in [0.1, 0.15) is 51.0 Å². The maximum Gasteiger partial charge on any atom is 0.201 e. The Hall–Kier alpha value is -0.940. The number of hydrogen-bond donors (Lipinski definition) is 0. The minimum Gasteiger partial charge on any atom is -0.345 e. The maximum absolute atomic E-state index is 6.21. The molecule has 120 valence electrons. The average molecular weight is 304 g/mol. The van der Waals surface area contributed by atoms with Crippen LogP contribution in [-0.2, 0) is 25.9 Å². The average Bonchev–Trinajstić information content (AvgIpc) is 2.78. The third-order valence-corrected chi connectivity index (χ3v) is 5.38. The first-order valence-corrected chi connectivity index (χ1v) is 8.40. The molecule has 3 aliphatic heterocycles. The Morgan fingerprint density at radius 1 is 1.09 bits per heavy atom. The smallest absolute Gasteiger partial charge is 0.201 e. The molecule has 3 saturated heterocycles. The summed E-state index contributed by atoms with van der Waals surface area (Å²) in [5.41, 5.74) is 0.726. The lowest BCUT2D eigenvalue weighted by Crippen LogP contribution is -2.59. The molecule has 0 aromatic heterocycles. The summed E-state index contributed by atoms with van der Waals surface area (Å²) in [5.74, 6) is -0.212. The van der Waals surface area contributed by atoms with E-state index in [1.807, 2.05) is 25.1 Å². The van der Waals surface area contributed by atoms with Gasteiger partial charge in [-0.2, -0.15) is 0 Å². The van der Waals surface area contributed by atoms with Crippen molar-refractivity contribution in [2.75, 3.05) is 0 Å². The summed E-state index contributed by atoms with van der Waals surface area (Å²) >= 11 is 0. The molecule has 1 saturated carbocycles. The lowest BCUT2D eigenvalue weighted by molar-refractivity contribution is -0.550. The minimum atomic E-state index is -0.677. The van der Waals surface area contributed by atoms with E-state index in [4.69, 9.17) is 19.2 Å². The van der Waals surface area contributed by atoms with Gasteiger partial charge in [0.1, 0.15) is 0 Å². The Bertz CT molecular complexity index is 515. The molecule has 22 heavy (non-hydrogen) atoms. The Labute approximate surface area is 131 Å². The zero-order valence-electron chi connectivity index (χ0n) is 13.1. The van der Waals surface area contributed by atoms with E-state index in [1.54, 1.807) is 0 Å². The molecule has 3 heterocycles. The largest absolute Gasteiger partial charge is 0.345 e. The SMILES string of the molecule is C[C@]12CC[C@H]3CCCC[C@@]3(OO1)[C@H](OCc1ccccc1)O2. The monoisotopic (exact) mass is 304 g/mol. The summed E-state index contributed by atoms with van der Waals surface area (Å²) in [7, 11) is 0. The van der Waals surface area contributed by atoms with E-state index in [0.29, 0.717) is 12.5 Å². The second-order valence-corrected chi connectivity index (χ2v) is 6.98. The van der Waals surface area contributed by atoms with Crippen molar-refractivity contribution in [3.8, 4) is 0 Å². The van der Waals surface area contributed by atoms with Gasteiger partial charge >= 0.3 is 0 Å². The van der Waals surface area contributed by atoms with Gasteiger partial charge in [-0.25, -0.2) is 9.78 Å². The molecule has 4 atom stereocenters. The fourth-order valence-electron chi connectivity index (χ4n) is 4.06. The van der Waals surface area contributed by atoms with Gasteiger partial charge in [0.25, 0.3) is 0 Å². The number of fused-ring (bicyclic) bond motifs is 3. The summed E-state index contributed by atoms with van der Waals surface area (Å²) in [6.45, 7) is 2.50. The van der Waals surface area contributed by atoms with Crippen molar-refractivity contribution in [1.29, 1.82) is 0 Å². The third-order valence-electron chi connectivity index (χ3n) is 5.38. The summed E-state index contributed by atoms with van der Waals surface area (Å²) in [6.07, 6.45) is 6.13. The van der Waals surface area contributed by atoms with Crippen LogP contribution < -0.4 is 0 Å². The van der Waals surface area contributed by atoms with Crippen molar-refractivity contribution < 1.29 is 19.2 Å². The molecule has 2 bridgehead atoms. The van der Waals surface area contributed by atoms with Crippen LogP contribution >= 0.6 is 0 Å². The molecule has 5 rings (SSSR count). The number of benzene rings is 1. The number of ether oxygens (including phenoxy) is 2. The zero-order chi connectivity index (χ0) is 15.0. The van der Waals surface area contributed by atoms with Gasteiger partial charge in [0.2, 0.25) is 5.79 Å². The van der Waals surface area contributed by atoms with Gasteiger partial charge in [-0.1, -0.05) is 43.2 Å². The molecule has 0 radical (unpaired) electrons. The van der Waals surface area contributed by atoms with Crippen molar-refractivity contribution >= 4 is 0 Å². The second kappa shape index (κ2) is 5.60. The van der Waals surface area contributed by atoms with Gasteiger partial charge in [0.15, 0.2) is 11.9 Å². The first-order valence-electron chi connectivity index (χ1n) is 8.40. The number of rotatable bonds is 3. The van der Waals surface area contributed by atoms with Gasteiger partial charge in [-0.05, 0) is 37.7 Å². The van der Waals surface area contributed by atoms with Gasteiger partial charge in [0.05, 0.1) is 6.61 Å². The fourth-order valence-corrected chi connectivity index (χ4v) is 4.06. The highest BCUT2D eigenvalue weighted by atomic mass is 17.3. The van der Waals surface area contributed by atoms with Crippen LogP contribution in [0.4, 0.5) is 0 Å². The predicted molar refractivity (Wildman–Crippen MR) is 80.6 cm³/mol. The van der Waals surface area contributed by atoms with Crippen molar-refractivity contribution in [2.45, 2.75) is 69.7 Å². The van der Waals surface area contributed by atoms with Gasteiger partial charge in [0, 0.05) is 6.42 Å². The van der Waals surface area contributed by atoms with Crippen LogP contribution in [0.3, 0.4) is 0 Å². The van der Waals surface area contributed by atoms with Crippen molar-refractivity contribution in [3.63, 3.8) is 0 Å². The topological polar surface area (TPSA) is 36.9 Å². The van der Waals surface area contributed by atoms with Crippen molar-refractivity contribution in [3.05, 3.63) is 35.9 Å². The molecule has 1 aliphatic carbocycles.